The molecule has 5 rings (SSSR count). The summed E-state index contributed by atoms with van der Waals surface area (Å²) in [6, 6.07) is 26.3. The monoisotopic (exact) mass is 466 g/mol. The Hall–Kier alpha value is -4.03. The Kier molecular flexibility index (Phi) is 5.83. The van der Waals surface area contributed by atoms with E-state index in [4.69, 9.17) is 0 Å². The second-order valence-corrected chi connectivity index (χ2v) is 9.29. The zero-order chi connectivity index (χ0) is 24.6. The van der Waals surface area contributed by atoms with Gasteiger partial charge in [0, 0.05) is 6.04 Å². The molecule has 2 saturated heterocycles. The van der Waals surface area contributed by atoms with E-state index in [0.717, 1.165) is 22.3 Å². The molecular formula is C29H26N2O4. The fraction of sp³-hybridized carbons (Fsp3) is 0.207. The third kappa shape index (κ3) is 4.06. The number of imide groups is 1. The summed E-state index contributed by atoms with van der Waals surface area (Å²) in [6.07, 6.45) is 4.01. The molecule has 2 aliphatic rings. The topological polar surface area (TPSA) is 86.7 Å². The van der Waals surface area contributed by atoms with Gasteiger partial charge in [-0.3, -0.25) is 24.6 Å². The number of carbonyl (C=O) groups is 3. The van der Waals surface area contributed by atoms with Gasteiger partial charge >= 0.3 is 5.97 Å². The molecule has 0 spiro atoms. The van der Waals surface area contributed by atoms with Gasteiger partial charge in [0.05, 0.1) is 18.4 Å². The largest absolute Gasteiger partial charge is 0.480 e. The zero-order valence-electron chi connectivity index (χ0n) is 19.3. The van der Waals surface area contributed by atoms with Gasteiger partial charge in [-0.2, -0.15) is 0 Å². The van der Waals surface area contributed by atoms with E-state index < -0.39 is 35.3 Å². The standard InChI is InChI=1S/C29H26N2O4/c1-29(28(34)35)24-23(26(32)31(27(24)33)18-21-10-6-3-7-11-21)25(30-29)22-16-14-20(15-17-22)13-12-19-8-4-2-5-9-19/h2-17,23-25,30H,18H2,1H3,(H,34,35). The number of carboxylic acid groups (broad SMARTS) is 1. The Bertz CT molecular complexity index is 1290. The number of fused-ring (bicyclic) bond motifs is 1. The van der Waals surface area contributed by atoms with Crippen LogP contribution in [0.3, 0.4) is 0 Å². The van der Waals surface area contributed by atoms with Crippen LogP contribution in [0.15, 0.2) is 84.9 Å². The number of nitrogens with zero attached hydrogens (tertiary/aromatic N) is 1. The number of hydrogen-bond acceptors (Lipinski definition) is 4. The minimum absolute atomic E-state index is 0.136. The van der Waals surface area contributed by atoms with Crippen molar-refractivity contribution in [1.82, 2.24) is 10.2 Å². The van der Waals surface area contributed by atoms with Crippen molar-refractivity contribution in [1.29, 1.82) is 0 Å². The predicted octanol–water partition coefficient (Wildman–Crippen LogP) is 4.15. The van der Waals surface area contributed by atoms with Crippen LogP contribution in [0.25, 0.3) is 12.2 Å². The Morgan fingerprint density at radius 3 is 2.06 bits per heavy atom. The van der Waals surface area contributed by atoms with E-state index in [9.17, 15) is 19.5 Å². The van der Waals surface area contributed by atoms with E-state index in [1.165, 1.54) is 11.8 Å². The molecule has 6 nitrogen and oxygen atoms in total. The molecule has 3 aromatic carbocycles. The molecule has 2 heterocycles. The summed E-state index contributed by atoms with van der Waals surface area (Å²) < 4.78 is 0. The smallest absolute Gasteiger partial charge is 0.324 e. The van der Waals surface area contributed by atoms with Crippen molar-refractivity contribution in [3.63, 3.8) is 0 Å². The maximum absolute atomic E-state index is 13.5. The van der Waals surface area contributed by atoms with Crippen LogP contribution in [0.5, 0.6) is 0 Å². The molecule has 6 heteroatoms. The molecule has 2 aliphatic heterocycles. The number of aliphatic carboxylic acids is 1. The number of hydrogen-bond donors (Lipinski definition) is 2. The van der Waals surface area contributed by atoms with E-state index in [1.807, 2.05) is 97.1 Å². The lowest BCUT2D eigenvalue weighted by molar-refractivity contribution is -0.150. The lowest BCUT2D eigenvalue weighted by Gasteiger charge is -2.27. The van der Waals surface area contributed by atoms with Crippen LogP contribution >= 0.6 is 0 Å². The highest BCUT2D eigenvalue weighted by atomic mass is 16.4. The van der Waals surface area contributed by atoms with Crippen molar-refractivity contribution in [2.75, 3.05) is 0 Å². The van der Waals surface area contributed by atoms with E-state index in [-0.39, 0.29) is 12.5 Å². The Labute approximate surface area is 203 Å². The maximum Gasteiger partial charge on any atom is 0.324 e. The molecule has 2 fully saturated rings. The average molecular weight is 467 g/mol. The lowest BCUT2D eigenvalue weighted by Crippen LogP contribution is -2.53. The second kappa shape index (κ2) is 8.96. The Morgan fingerprint density at radius 2 is 1.46 bits per heavy atom. The average Bonchev–Trinajstić information content (AvgIpc) is 3.33. The lowest BCUT2D eigenvalue weighted by atomic mass is 9.80. The third-order valence-corrected chi connectivity index (χ3v) is 7.07. The van der Waals surface area contributed by atoms with Gasteiger partial charge in [-0.05, 0) is 29.2 Å². The molecule has 35 heavy (non-hydrogen) atoms. The Morgan fingerprint density at radius 1 is 0.886 bits per heavy atom. The van der Waals surface area contributed by atoms with Crippen LogP contribution in [-0.4, -0.2) is 33.3 Å². The van der Waals surface area contributed by atoms with Gasteiger partial charge in [0.25, 0.3) is 0 Å². The molecule has 0 radical (unpaired) electrons. The molecule has 2 N–H and O–H groups in total. The van der Waals surface area contributed by atoms with Gasteiger partial charge in [-0.15, -0.1) is 0 Å². The molecule has 4 unspecified atom stereocenters. The van der Waals surface area contributed by atoms with Crippen molar-refractivity contribution < 1.29 is 19.5 Å². The van der Waals surface area contributed by atoms with E-state index in [0.29, 0.717) is 0 Å². The fourth-order valence-corrected chi connectivity index (χ4v) is 5.17. The summed E-state index contributed by atoms with van der Waals surface area (Å²) in [7, 11) is 0. The molecule has 4 atom stereocenters. The summed E-state index contributed by atoms with van der Waals surface area (Å²) in [4.78, 5) is 40.3. The molecular weight excluding hydrogens is 440 g/mol. The molecule has 3 aromatic rings. The molecule has 0 aliphatic carbocycles. The summed E-state index contributed by atoms with van der Waals surface area (Å²) >= 11 is 0. The van der Waals surface area contributed by atoms with Crippen LogP contribution < -0.4 is 5.32 Å². The number of amides is 2. The first kappa shape index (κ1) is 22.7. The molecule has 0 saturated carbocycles. The molecule has 0 bridgehead atoms. The normalized spacial score (nSPS) is 25.9. The fourth-order valence-electron chi connectivity index (χ4n) is 5.17. The number of rotatable bonds is 6. The van der Waals surface area contributed by atoms with Crippen LogP contribution in [0, 0.1) is 11.8 Å². The van der Waals surface area contributed by atoms with Gasteiger partial charge in [-0.25, -0.2) is 0 Å². The number of nitrogens with one attached hydrogen (secondary N) is 1. The minimum atomic E-state index is -1.54. The van der Waals surface area contributed by atoms with Crippen molar-refractivity contribution >= 4 is 29.9 Å². The van der Waals surface area contributed by atoms with E-state index in [1.54, 1.807) is 0 Å². The SMILES string of the molecule is CC1(C(=O)O)NC(c2ccc(C=Cc3ccccc3)cc2)C2C(=O)N(Cc3ccccc3)C(=O)C21. The van der Waals surface area contributed by atoms with Crippen molar-refractivity contribution in [3.05, 3.63) is 107 Å². The first-order valence-electron chi connectivity index (χ1n) is 11.6. The van der Waals surface area contributed by atoms with E-state index >= 15 is 0 Å². The summed E-state index contributed by atoms with van der Waals surface area (Å²) in [5, 5.41) is 13.2. The summed E-state index contributed by atoms with van der Waals surface area (Å²) in [5.74, 6) is -3.66. The minimum Gasteiger partial charge on any atom is -0.480 e. The van der Waals surface area contributed by atoms with Crippen LogP contribution in [0.1, 0.15) is 35.2 Å². The van der Waals surface area contributed by atoms with E-state index in [2.05, 4.69) is 5.32 Å². The van der Waals surface area contributed by atoms with Gasteiger partial charge in [0.15, 0.2) is 0 Å². The van der Waals surface area contributed by atoms with Crippen LogP contribution in [0.2, 0.25) is 0 Å². The van der Waals surface area contributed by atoms with Gasteiger partial charge in [-0.1, -0.05) is 97.1 Å². The molecule has 2 amide bonds. The van der Waals surface area contributed by atoms with Gasteiger partial charge < -0.3 is 5.11 Å². The zero-order valence-corrected chi connectivity index (χ0v) is 19.3. The summed E-state index contributed by atoms with van der Waals surface area (Å²) in [5.41, 5.74) is 2.13. The number of carboxylic acids is 1. The van der Waals surface area contributed by atoms with Crippen LogP contribution in [-0.2, 0) is 20.9 Å². The predicted molar refractivity (Wildman–Crippen MR) is 133 cm³/mol. The maximum atomic E-state index is 13.5. The Balaban J connectivity index is 1.43. The van der Waals surface area contributed by atoms with Crippen molar-refractivity contribution in [2.24, 2.45) is 11.8 Å². The number of likely N-dealkylation sites (tertiary alicyclic amines) is 1. The van der Waals surface area contributed by atoms with Gasteiger partial charge in [0.1, 0.15) is 5.54 Å². The number of benzene rings is 3. The van der Waals surface area contributed by atoms with Crippen LogP contribution in [0.4, 0.5) is 0 Å². The second-order valence-electron chi connectivity index (χ2n) is 9.29. The molecule has 176 valence electrons. The van der Waals surface area contributed by atoms with Crippen molar-refractivity contribution in [3.8, 4) is 0 Å². The first-order valence-corrected chi connectivity index (χ1v) is 11.6. The highest BCUT2D eigenvalue weighted by Crippen LogP contribution is 2.49. The van der Waals surface area contributed by atoms with Gasteiger partial charge in [0.2, 0.25) is 11.8 Å². The van der Waals surface area contributed by atoms with Crippen molar-refractivity contribution in [2.45, 2.75) is 25.0 Å². The highest BCUT2D eigenvalue weighted by Gasteiger charge is 2.66. The summed E-state index contributed by atoms with van der Waals surface area (Å²) in [6.45, 7) is 1.64. The first-order chi connectivity index (χ1) is 16.9. The molecule has 0 aromatic heterocycles. The highest BCUT2D eigenvalue weighted by molar-refractivity contribution is 6.09. The quantitative estimate of drug-likeness (QED) is 0.421. The third-order valence-electron chi connectivity index (χ3n) is 7.07. The number of carbonyl (C=O) groups excluding carboxylic acids is 2.